The zero-order valence-electron chi connectivity index (χ0n) is 6.33. The van der Waals surface area contributed by atoms with Gasteiger partial charge in [-0.2, -0.15) is 0 Å². The third-order valence-corrected chi connectivity index (χ3v) is 1.36. The van der Waals surface area contributed by atoms with Gasteiger partial charge in [0.2, 0.25) is 0 Å². The van der Waals surface area contributed by atoms with Crippen LogP contribution >= 0.6 is 0 Å². The lowest BCUT2D eigenvalue weighted by molar-refractivity contribution is 0.838. The van der Waals surface area contributed by atoms with Gasteiger partial charge in [0.1, 0.15) is 0 Å². The molecule has 3 heteroatoms. The van der Waals surface area contributed by atoms with Crippen LogP contribution in [-0.4, -0.2) is 16.1 Å². The Morgan fingerprint density at radius 3 is 3.18 bits per heavy atom. The number of hydrogen-bond donors (Lipinski definition) is 1. The van der Waals surface area contributed by atoms with E-state index in [1.54, 1.807) is 6.33 Å². The molecule has 0 spiro atoms. The molecule has 0 bridgehead atoms. The summed E-state index contributed by atoms with van der Waals surface area (Å²) in [6.07, 6.45) is 9.59. The van der Waals surface area contributed by atoms with Gasteiger partial charge in [-0.3, -0.25) is 0 Å². The van der Waals surface area contributed by atoms with Crippen LogP contribution < -0.4 is 5.73 Å². The molecular weight excluding hydrogens is 138 g/mol. The van der Waals surface area contributed by atoms with E-state index in [4.69, 9.17) is 12.2 Å². The minimum atomic E-state index is 0.581. The maximum absolute atomic E-state index is 5.35. The molecule has 0 radical (unpaired) electrons. The predicted octanol–water partition coefficient (Wildman–Crippen LogP) is 0.0175. The van der Waals surface area contributed by atoms with E-state index in [1.165, 1.54) is 0 Å². The standard InChI is InChI=1S/C8H11N3/c1-2-5-11-6-8(3-4-9)10-7-11/h1,6-7H,3-5,9H2. The summed E-state index contributed by atoms with van der Waals surface area (Å²) in [5.41, 5.74) is 6.36. The number of terminal acetylenes is 1. The van der Waals surface area contributed by atoms with Crippen LogP contribution in [0.5, 0.6) is 0 Å². The van der Waals surface area contributed by atoms with Crippen LogP contribution in [0.15, 0.2) is 12.5 Å². The van der Waals surface area contributed by atoms with Crippen LogP contribution in [0.4, 0.5) is 0 Å². The van der Waals surface area contributed by atoms with Gasteiger partial charge in [0.05, 0.1) is 18.6 Å². The Hall–Kier alpha value is -1.27. The number of imidazole rings is 1. The van der Waals surface area contributed by atoms with Crippen molar-refractivity contribution in [2.75, 3.05) is 6.54 Å². The maximum atomic E-state index is 5.35. The first-order chi connectivity index (χ1) is 5.36. The first kappa shape index (κ1) is 7.83. The van der Waals surface area contributed by atoms with E-state index in [-0.39, 0.29) is 0 Å². The molecule has 1 aromatic heterocycles. The van der Waals surface area contributed by atoms with E-state index in [0.717, 1.165) is 12.1 Å². The Morgan fingerprint density at radius 1 is 1.73 bits per heavy atom. The summed E-state index contributed by atoms with van der Waals surface area (Å²) in [5.74, 6) is 2.53. The molecule has 1 heterocycles. The fourth-order valence-electron chi connectivity index (χ4n) is 0.875. The topological polar surface area (TPSA) is 43.8 Å². The van der Waals surface area contributed by atoms with Crippen LogP contribution in [0.3, 0.4) is 0 Å². The zero-order valence-corrected chi connectivity index (χ0v) is 6.33. The van der Waals surface area contributed by atoms with Gasteiger partial charge < -0.3 is 10.3 Å². The Balaban J connectivity index is 2.60. The van der Waals surface area contributed by atoms with Crippen molar-refractivity contribution in [1.29, 1.82) is 0 Å². The maximum Gasteiger partial charge on any atom is 0.0957 e. The molecule has 1 rings (SSSR count). The average Bonchev–Trinajstić information content (AvgIpc) is 2.38. The summed E-state index contributed by atoms with van der Waals surface area (Å²) in [7, 11) is 0. The molecule has 0 amide bonds. The number of nitrogens with two attached hydrogens (primary N) is 1. The molecule has 58 valence electrons. The molecule has 0 unspecified atom stereocenters. The van der Waals surface area contributed by atoms with Crippen molar-refractivity contribution in [3.8, 4) is 12.3 Å². The molecule has 1 aromatic rings. The van der Waals surface area contributed by atoms with Crippen LogP contribution in [0.1, 0.15) is 5.69 Å². The van der Waals surface area contributed by atoms with Gasteiger partial charge in [-0.05, 0) is 6.54 Å². The number of nitrogens with zero attached hydrogens (tertiary/aromatic N) is 2. The fraction of sp³-hybridized carbons (Fsp3) is 0.375. The molecule has 0 saturated carbocycles. The normalized spacial score (nSPS) is 9.45. The lowest BCUT2D eigenvalue weighted by Gasteiger charge is -1.90. The van der Waals surface area contributed by atoms with E-state index >= 15 is 0 Å². The van der Waals surface area contributed by atoms with Crippen molar-refractivity contribution >= 4 is 0 Å². The van der Waals surface area contributed by atoms with E-state index in [0.29, 0.717) is 13.1 Å². The molecule has 0 aromatic carbocycles. The first-order valence-corrected chi connectivity index (χ1v) is 3.51. The Morgan fingerprint density at radius 2 is 2.55 bits per heavy atom. The van der Waals surface area contributed by atoms with Gasteiger partial charge >= 0.3 is 0 Å². The second-order valence-electron chi connectivity index (χ2n) is 2.28. The summed E-state index contributed by atoms with van der Waals surface area (Å²) in [4.78, 5) is 4.11. The van der Waals surface area contributed by atoms with Gasteiger partial charge in [0.15, 0.2) is 0 Å². The molecule has 0 aliphatic rings. The molecule has 0 aliphatic carbocycles. The van der Waals surface area contributed by atoms with Crippen LogP contribution in [0.25, 0.3) is 0 Å². The van der Waals surface area contributed by atoms with Crippen molar-refractivity contribution in [2.45, 2.75) is 13.0 Å². The average molecular weight is 149 g/mol. The van der Waals surface area contributed by atoms with E-state index < -0.39 is 0 Å². The summed E-state index contributed by atoms with van der Waals surface area (Å²) in [6, 6.07) is 0. The molecule has 0 fully saturated rings. The highest BCUT2D eigenvalue weighted by atomic mass is 15.0. The summed E-state index contributed by atoms with van der Waals surface area (Å²) >= 11 is 0. The van der Waals surface area contributed by atoms with E-state index in [2.05, 4.69) is 10.9 Å². The van der Waals surface area contributed by atoms with Crippen molar-refractivity contribution in [2.24, 2.45) is 5.73 Å². The lowest BCUT2D eigenvalue weighted by atomic mass is 10.3. The zero-order chi connectivity index (χ0) is 8.10. The van der Waals surface area contributed by atoms with Gasteiger partial charge in [0.25, 0.3) is 0 Å². The van der Waals surface area contributed by atoms with Crippen molar-refractivity contribution in [1.82, 2.24) is 9.55 Å². The highest BCUT2D eigenvalue weighted by molar-refractivity contribution is 4.99. The quantitative estimate of drug-likeness (QED) is 0.615. The summed E-state index contributed by atoms with van der Waals surface area (Å²) < 4.78 is 1.87. The van der Waals surface area contributed by atoms with Crippen LogP contribution in [-0.2, 0) is 13.0 Å². The minimum absolute atomic E-state index is 0.581. The van der Waals surface area contributed by atoms with Gasteiger partial charge in [-0.25, -0.2) is 4.98 Å². The number of aromatic nitrogens is 2. The first-order valence-electron chi connectivity index (χ1n) is 3.51. The summed E-state index contributed by atoms with van der Waals surface area (Å²) in [6.45, 7) is 1.21. The molecule has 0 aliphatic heterocycles. The lowest BCUT2D eigenvalue weighted by Crippen LogP contribution is -2.02. The van der Waals surface area contributed by atoms with Crippen molar-refractivity contribution < 1.29 is 0 Å². The molecule has 0 atom stereocenters. The van der Waals surface area contributed by atoms with Gasteiger partial charge in [-0.15, -0.1) is 6.42 Å². The van der Waals surface area contributed by atoms with Crippen molar-refractivity contribution in [3.05, 3.63) is 18.2 Å². The van der Waals surface area contributed by atoms with Crippen LogP contribution in [0.2, 0.25) is 0 Å². The number of rotatable bonds is 3. The second-order valence-corrected chi connectivity index (χ2v) is 2.28. The minimum Gasteiger partial charge on any atom is -0.330 e. The number of hydrogen-bond acceptors (Lipinski definition) is 2. The highest BCUT2D eigenvalue weighted by Gasteiger charge is 1.94. The summed E-state index contributed by atoms with van der Waals surface area (Å²) in [5, 5.41) is 0. The smallest absolute Gasteiger partial charge is 0.0957 e. The van der Waals surface area contributed by atoms with Crippen molar-refractivity contribution in [3.63, 3.8) is 0 Å². The highest BCUT2D eigenvalue weighted by Crippen LogP contribution is 1.95. The molecule has 3 nitrogen and oxygen atoms in total. The Kier molecular flexibility index (Phi) is 2.70. The SMILES string of the molecule is C#CCn1cnc(CCN)c1. The van der Waals surface area contributed by atoms with Crippen LogP contribution in [0, 0.1) is 12.3 Å². The Bertz CT molecular complexity index is 257. The fourth-order valence-corrected chi connectivity index (χ4v) is 0.875. The third kappa shape index (κ3) is 2.10. The monoisotopic (exact) mass is 149 g/mol. The predicted molar refractivity (Wildman–Crippen MR) is 43.8 cm³/mol. The molecule has 0 saturated heterocycles. The van der Waals surface area contributed by atoms with E-state index in [1.807, 2.05) is 10.8 Å². The molecular formula is C8H11N3. The third-order valence-electron chi connectivity index (χ3n) is 1.36. The van der Waals surface area contributed by atoms with E-state index in [9.17, 15) is 0 Å². The van der Waals surface area contributed by atoms with Gasteiger partial charge in [0, 0.05) is 12.6 Å². The molecule has 2 N–H and O–H groups in total. The molecule has 11 heavy (non-hydrogen) atoms. The Labute approximate surface area is 66.2 Å². The largest absolute Gasteiger partial charge is 0.330 e. The second kappa shape index (κ2) is 3.79. The van der Waals surface area contributed by atoms with Gasteiger partial charge in [-0.1, -0.05) is 5.92 Å².